The number of piperidine rings is 1. The molecule has 2 aliphatic heterocycles. The number of aliphatic hydroxyl groups is 1. The number of sulfonamides is 1. The fraction of sp³-hybridized carbons (Fsp3) is 0.533. The van der Waals surface area contributed by atoms with Crippen LogP contribution in [0.25, 0.3) is 0 Å². The van der Waals surface area contributed by atoms with E-state index in [2.05, 4.69) is 14.9 Å². The molecule has 6 rings (SSSR count). The second-order valence-electron chi connectivity index (χ2n) is 12.1. The van der Waals surface area contributed by atoms with E-state index >= 15 is 0 Å². The van der Waals surface area contributed by atoms with Crippen LogP contribution in [0.4, 0.5) is 22.7 Å². The number of amides is 2. The smallest absolute Gasteiger partial charge is 0.257 e. The maximum Gasteiger partial charge on any atom is 0.257 e. The lowest BCUT2D eigenvalue weighted by molar-refractivity contribution is -0.124. The molecule has 3 N–H and O–H groups in total. The van der Waals surface area contributed by atoms with Gasteiger partial charge in [0.1, 0.15) is 0 Å². The Kier molecular flexibility index (Phi) is 6.81. The highest BCUT2D eigenvalue weighted by Gasteiger charge is 2.50. The van der Waals surface area contributed by atoms with E-state index in [1.54, 1.807) is 23.1 Å². The van der Waals surface area contributed by atoms with Crippen LogP contribution >= 0.6 is 0 Å². The quantitative estimate of drug-likeness (QED) is 0.462. The van der Waals surface area contributed by atoms with Gasteiger partial charge < -0.3 is 20.2 Å². The Balaban J connectivity index is 1.29. The zero-order valence-electron chi connectivity index (χ0n) is 23.0. The number of hydrogen-bond donors (Lipinski definition) is 3. The lowest BCUT2D eigenvalue weighted by Crippen LogP contribution is -2.40. The molecule has 0 radical (unpaired) electrons. The van der Waals surface area contributed by atoms with Crippen LogP contribution in [0.3, 0.4) is 0 Å². The third-order valence-electron chi connectivity index (χ3n) is 9.55. The highest BCUT2D eigenvalue weighted by molar-refractivity contribution is 7.92. The van der Waals surface area contributed by atoms with Crippen molar-refractivity contribution >= 4 is 44.6 Å². The minimum Gasteiger partial charge on any atom is -0.395 e. The zero-order chi connectivity index (χ0) is 28.1. The van der Waals surface area contributed by atoms with E-state index in [-0.39, 0.29) is 11.8 Å². The molecule has 0 aromatic heterocycles. The first kappa shape index (κ1) is 27.1. The molecule has 2 aliphatic carbocycles. The van der Waals surface area contributed by atoms with Gasteiger partial charge in [-0.1, -0.05) is 19.3 Å². The maximum atomic E-state index is 13.7. The first-order valence-corrected chi connectivity index (χ1v) is 16.1. The predicted molar refractivity (Wildman–Crippen MR) is 157 cm³/mol. The van der Waals surface area contributed by atoms with Crippen molar-refractivity contribution in [3.8, 4) is 0 Å². The summed E-state index contributed by atoms with van der Waals surface area (Å²) in [5.74, 6) is -0.526. The highest BCUT2D eigenvalue weighted by atomic mass is 32.2. The highest BCUT2D eigenvalue weighted by Crippen LogP contribution is 2.54. The van der Waals surface area contributed by atoms with E-state index in [0.29, 0.717) is 28.0 Å². The van der Waals surface area contributed by atoms with Crippen LogP contribution < -0.4 is 19.8 Å². The van der Waals surface area contributed by atoms with Gasteiger partial charge in [-0.25, -0.2) is 8.42 Å². The van der Waals surface area contributed by atoms with Crippen molar-refractivity contribution in [1.82, 2.24) is 0 Å². The number of anilines is 4. The molecular formula is C30H38N4O5S. The molecule has 2 amide bonds. The largest absolute Gasteiger partial charge is 0.395 e. The number of carbonyl (C=O) groups is 2. The van der Waals surface area contributed by atoms with Crippen LogP contribution in [-0.4, -0.2) is 57.8 Å². The first-order valence-electron chi connectivity index (χ1n) is 14.4. The third-order valence-corrected chi connectivity index (χ3v) is 10.8. The Morgan fingerprint density at radius 1 is 0.925 bits per heavy atom. The minimum absolute atomic E-state index is 0.144. The Hall–Kier alpha value is -3.11. The number of nitrogens with one attached hydrogen (secondary N) is 2. The predicted octanol–water partition coefficient (Wildman–Crippen LogP) is 4.23. The van der Waals surface area contributed by atoms with Crippen molar-refractivity contribution in [1.29, 1.82) is 0 Å². The lowest BCUT2D eigenvalue weighted by Gasteiger charge is -2.35. The van der Waals surface area contributed by atoms with Gasteiger partial charge in [-0.15, -0.1) is 0 Å². The van der Waals surface area contributed by atoms with E-state index in [4.69, 9.17) is 5.11 Å². The van der Waals surface area contributed by atoms with E-state index in [9.17, 15) is 18.0 Å². The number of aliphatic hydroxyl groups excluding tert-OH is 1. The Bertz CT molecular complexity index is 1440. The van der Waals surface area contributed by atoms with Gasteiger partial charge in [0.15, 0.2) is 0 Å². The average molecular weight is 567 g/mol. The standard InChI is InChI=1S/C30H38N4O5S/c1-33-25-8-6-21(19-24(25)30(28(33)37)9-3-2-4-10-30)31-27(36)23-7-5-22(32-40(38,39)18-17-35)20-26(23)34-15-13-29(11-12-29)14-16-34/h5-8,19-20,32,35H,2-4,9-18H2,1H3,(H,31,36). The zero-order valence-corrected chi connectivity index (χ0v) is 23.9. The van der Waals surface area contributed by atoms with Crippen molar-refractivity contribution in [2.45, 2.75) is 63.2 Å². The van der Waals surface area contributed by atoms with Crippen molar-refractivity contribution in [2.24, 2.45) is 5.41 Å². The number of nitrogens with zero attached hydrogens (tertiary/aromatic N) is 2. The summed E-state index contributed by atoms with van der Waals surface area (Å²) >= 11 is 0. The van der Waals surface area contributed by atoms with Gasteiger partial charge in [-0.2, -0.15) is 0 Å². The Morgan fingerprint density at radius 3 is 2.30 bits per heavy atom. The van der Waals surface area contributed by atoms with E-state index in [0.717, 1.165) is 69.3 Å². The van der Waals surface area contributed by atoms with Gasteiger partial charge in [0.2, 0.25) is 15.9 Å². The lowest BCUT2D eigenvalue weighted by atomic mass is 9.70. The van der Waals surface area contributed by atoms with Gasteiger partial charge in [0.25, 0.3) is 5.91 Å². The van der Waals surface area contributed by atoms with E-state index < -0.39 is 27.8 Å². The molecule has 0 bridgehead atoms. The molecule has 2 spiro atoms. The summed E-state index contributed by atoms with van der Waals surface area (Å²) in [6.45, 7) is 1.15. The van der Waals surface area contributed by atoms with Crippen molar-refractivity contribution in [3.05, 3.63) is 47.5 Å². The molecule has 0 atom stereocenters. The van der Waals surface area contributed by atoms with Gasteiger partial charge in [0, 0.05) is 31.5 Å². The molecule has 10 heteroatoms. The van der Waals surface area contributed by atoms with Crippen LogP contribution in [0.2, 0.25) is 0 Å². The summed E-state index contributed by atoms with van der Waals surface area (Å²) in [6, 6.07) is 10.7. The molecule has 2 heterocycles. The molecule has 2 aromatic carbocycles. The molecule has 4 aliphatic rings. The fourth-order valence-electron chi connectivity index (χ4n) is 6.97. The number of benzene rings is 2. The monoisotopic (exact) mass is 566 g/mol. The van der Waals surface area contributed by atoms with Gasteiger partial charge in [-0.05, 0) is 85.9 Å². The van der Waals surface area contributed by atoms with Crippen molar-refractivity contribution < 1.29 is 23.1 Å². The first-order chi connectivity index (χ1) is 19.2. The molecule has 214 valence electrons. The summed E-state index contributed by atoms with van der Waals surface area (Å²) in [7, 11) is -1.87. The molecule has 9 nitrogen and oxygen atoms in total. The molecular weight excluding hydrogens is 528 g/mol. The SMILES string of the molecule is CN1C(=O)C2(CCCCC2)c2cc(NC(=O)c3ccc(NS(=O)(=O)CCO)cc3N3CCC4(CC3)CC4)ccc21. The van der Waals surface area contributed by atoms with Gasteiger partial charge in [-0.3, -0.25) is 14.3 Å². The van der Waals surface area contributed by atoms with Gasteiger partial charge in [0.05, 0.1) is 34.7 Å². The summed E-state index contributed by atoms with van der Waals surface area (Å²) < 4.78 is 27.2. The summed E-state index contributed by atoms with van der Waals surface area (Å²) in [5.41, 5.74) is 4.02. The Morgan fingerprint density at radius 2 is 1.62 bits per heavy atom. The normalized spacial score (nSPS) is 21.0. The van der Waals surface area contributed by atoms with Gasteiger partial charge >= 0.3 is 0 Å². The summed E-state index contributed by atoms with van der Waals surface area (Å²) in [6.07, 6.45) is 9.46. The number of fused-ring (bicyclic) bond motifs is 2. The summed E-state index contributed by atoms with van der Waals surface area (Å²) in [5, 5.41) is 12.2. The number of hydrogen-bond acceptors (Lipinski definition) is 6. The Labute approximate surface area is 236 Å². The second-order valence-corrected chi connectivity index (χ2v) is 13.9. The van der Waals surface area contributed by atoms with Crippen molar-refractivity contribution in [2.75, 3.05) is 52.3 Å². The van der Waals surface area contributed by atoms with Crippen LogP contribution in [-0.2, 0) is 20.2 Å². The van der Waals surface area contributed by atoms with E-state index in [1.807, 2.05) is 25.2 Å². The summed E-state index contributed by atoms with van der Waals surface area (Å²) in [4.78, 5) is 31.0. The minimum atomic E-state index is -3.70. The maximum absolute atomic E-state index is 13.7. The average Bonchev–Trinajstić information content (AvgIpc) is 3.67. The molecule has 0 unspecified atom stereocenters. The molecule has 3 fully saturated rings. The molecule has 2 aromatic rings. The van der Waals surface area contributed by atoms with Crippen LogP contribution in [0.1, 0.15) is 73.7 Å². The topological polar surface area (TPSA) is 119 Å². The number of rotatable bonds is 7. The number of likely N-dealkylation sites (N-methyl/N-ethyl adjacent to an activating group) is 1. The molecule has 2 saturated carbocycles. The number of carbonyl (C=O) groups excluding carboxylic acids is 2. The molecule has 1 saturated heterocycles. The third kappa shape index (κ3) is 4.85. The van der Waals surface area contributed by atoms with E-state index in [1.165, 1.54) is 12.8 Å². The van der Waals surface area contributed by atoms with Crippen LogP contribution in [0.15, 0.2) is 36.4 Å². The fourth-order valence-corrected chi connectivity index (χ4v) is 7.80. The van der Waals surface area contributed by atoms with Crippen LogP contribution in [0.5, 0.6) is 0 Å². The van der Waals surface area contributed by atoms with Crippen LogP contribution in [0, 0.1) is 5.41 Å². The second kappa shape index (κ2) is 10.1. The van der Waals surface area contributed by atoms with Crippen molar-refractivity contribution in [3.63, 3.8) is 0 Å². The molecule has 40 heavy (non-hydrogen) atoms.